The van der Waals surface area contributed by atoms with Crippen molar-refractivity contribution in [3.63, 3.8) is 0 Å². The van der Waals surface area contributed by atoms with Crippen molar-refractivity contribution < 1.29 is 10.2 Å². The van der Waals surface area contributed by atoms with Crippen LogP contribution in [-0.4, -0.2) is 36.5 Å². The number of nitrogens with one attached hydrogen (secondary N) is 1. The van der Waals surface area contributed by atoms with E-state index in [0.717, 1.165) is 22.5 Å². The van der Waals surface area contributed by atoms with Crippen molar-refractivity contribution in [3.8, 4) is 0 Å². The van der Waals surface area contributed by atoms with E-state index >= 15 is 0 Å². The molecule has 0 radical (unpaired) electrons. The van der Waals surface area contributed by atoms with E-state index in [9.17, 15) is 10.2 Å². The van der Waals surface area contributed by atoms with Gasteiger partial charge in [0, 0.05) is 42.4 Å². The van der Waals surface area contributed by atoms with E-state index in [0.29, 0.717) is 31.0 Å². The van der Waals surface area contributed by atoms with E-state index in [4.69, 9.17) is 11.5 Å². The van der Waals surface area contributed by atoms with Crippen LogP contribution < -0.4 is 21.7 Å². The lowest BCUT2D eigenvalue weighted by atomic mass is 10.1. The SMILES string of the molecule is Cc1cc(NCc2cc(N)ccc2N)ccc1N(CCO)CCO. The molecule has 6 heteroatoms. The van der Waals surface area contributed by atoms with Crippen LogP contribution >= 0.6 is 0 Å². The molecule has 7 N–H and O–H groups in total. The number of nitrogens with two attached hydrogens (primary N) is 2. The second-order valence-electron chi connectivity index (χ2n) is 5.75. The number of aryl methyl sites for hydroxylation is 1. The number of hydrogen-bond acceptors (Lipinski definition) is 6. The summed E-state index contributed by atoms with van der Waals surface area (Å²) in [6.07, 6.45) is 0. The maximum Gasteiger partial charge on any atom is 0.0606 e. The molecule has 0 bridgehead atoms. The maximum absolute atomic E-state index is 9.17. The van der Waals surface area contributed by atoms with Crippen LogP contribution in [0.2, 0.25) is 0 Å². The Bertz CT molecular complexity index is 670. The molecule has 2 rings (SSSR count). The number of benzene rings is 2. The molecule has 0 aliphatic rings. The fraction of sp³-hybridized carbons (Fsp3) is 0.333. The molecule has 0 aromatic heterocycles. The molecule has 0 atom stereocenters. The van der Waals surface area contributed by atoms with Crippen LogP contribution in [0.15, 0.2) is 36.4 Å². The van der Waals surface area contributed by atoms with E-state index in [1.165, 1.54) is 0 Å². The summed E-state index contributed by atoms with van der Waals surface area (Å²) in [5, 5.41) is 21.7. The minimum absolute atomic E-state index is 0.0497. The van der Waals surface area contributed by atoms with Gasteiger partial charge in [-0.25, -0.2) is 0 Å². The Morgan fingerprint density at radius 1 is 1.00 bits per heavy atom. The second kappa shape index (κ2) is 8.42. The van der Waals surface area contributed by atoms with E-state index in [2.05, 4.69) is 5.32 Å². The van der Waals surface area contributed by atoms with Gasteiger partial charge in [0.25, 0.3) is 0 Å². The molecule has 0 fully saturated rings. The normalized spacial score (nSPS) is 10.6. The molecular formula is C18H26N4O2. The van der Waals surface area contributed by atoms with Gasteiger partial charge in [-0.05, 0) is 54.4 Å². The molecule has 0 saturated carbocycles. The van der Waals surface area contributed by atoms with E-state index < -0.39 is 0 Å². The maximum atomic E-state index is 9.17. The zero-order valence-corrected chi connectivity index (χ0v) is 14.0. The van der Waals surface area contributed by atoms with Gasteiger partial charge >= 0.3 is 0 Å². The first-order chi connectivity index (χ1) is 11.5. The van der Waals surface area contributed by atoms with Crippen LogP contribution in [0.3, 0.4) is 0 Å². The molecule has 24 heavy (non-hydrogen) atoms. The molecule has 0 amide bonds. The number of rotatable bonds is 8. The summed E-state index contributed by atoms with van der Waals surface area (Å²) in [6.45, 7) is 3.69. The van der Waals surface area contributed by atoms with Gasteiger partial charge in [-0.2, -0.15) is 0 Å². The fourth-order valence-electron chi connectivity index (χ4n) is 2.69. The minimum atomic E-state index is 0.0497. The van der Waals surface area contributed by atoms with Gasteiger partial charge in [0.05, 0.1) is 13.2 Å². The Labute approximate surface area is 142 Å². The first kappa shape index (κ1) is 17.9. The number of aliphatic hydroxyl groups excluding tert-OH is 2. The van der Waals surface area contributed by atoms with Gasteiger partial charge in [-0.3, -0.25) is 0 Å². The van der Waals surface area contributed by atoms with E-state index in [1.807, 2.05) is 42.2 Å². The molecule has 2 aromatic rings. The van der Waals surface area contributed by atoms with Gasteiger partial charge in [0.15, 0.2) is 0 Å². The van der Waals surface area contributed by atoms with Crippen LogP contribution in [0.4, 0.5) is 22.7 Å². The van der Waals surface area contributed by atoms with Gasteiger partial charge in [0.1, 0.15) is 0 Å². The number of aliphatic hydroxyl groups is 2. The number of hydrogen-bond donors (Lipinski definition) is 5. The van der Waals surface area contributed by atoms with Crippen molar-refractivity contribution in [1.29, 1.82) is 0 Å². The minimum Gasteiger partial charge on any atom is -0.399 e. The van der Waals surface area contributed by atoms with Gasteiger partial charge in [-0.15, -0.1) is 0 Å². The van der Waals surface area contributed by atoms with Crippen LogP contribution in [0, 0.1) is 6.92 Å². The van der Waals surface area contributed by atoms with Crippen molar-refractivity contribution in [2.24, 2.45) is 0 Å². The molecule has 0 spiro atoms. The Hall–Kier alpha value is -2.44. The van der Waals surface area contributed by atoms with Crippen LogP contribution in [0.25, 0.3) is 0 Å². The molecule has 6 nitrogen and oxygen atoms in total. The average molecular weight is 330 g/mol. The van der Waals surface area contributed by atoms with Crippen molar-refractivity contribution >= 4 is 22.7 Å². The zero-order valence-electron chi connectivity index (χ0n) is 14.0. The molecule has 130 valence electrons. The highest BCUT2D eigenvalue weighted by atomic mass is 16.3. The first-order valence-electron chi connectivity index (χ1n) is 8.00. The highest BCUT2D eigenvalue weighted by Crippen LogP contribution is 2.24. The summed E-state index contributed by atoms with van der Waals surface area (Å²) < 4.78 is 0. The highest BCUT2D eigenvalue weighted by molar-refractivity contribution is 5.62. The standard InChI is InChI=1S/C18H26N4O2/c1-13-10-16(3-5-18(13)22(6-8-23)7-9-24)21-12-14-11-15(19)2-4-17(14)20/h2-5,10-11,21,23-24H,6-9,12,19-20H2,1H3. The molecule has 2 aromatic carbocycles. The molecule has 0 aliphatic heterocycles. The Morgan fingerprint density at radius 2 is 1.71 bits per heavy atom. The smallest absolute Gasteiger partial charge is 0.0606 e. The Kier molecular flexibility index (Phi) is 6.28. The Morgan fingerprint density at radius 3 is 2.33 bits per heavy atom. The topological polar surface area (TPSA) is 108 Å². The third kappa shape index (κ3) is 4.53. The molecular weight excluding hydrogens is 304 g/mol. The van der Waals surface area contributed by atoms with Crippen molar-refractivity contribution in [2.45, 2.75) is 13.5 Å². The molecule has 0 heterocycles. The lowest BCUT2D eigenvalue weighted by molar-refractivity contribution is 0.281. The predicted octanol–water partition coefficient (Wildman–Crippen LogP) is 1.56. The molecule has 0 saturated heterocycles. The zero-order chi connectivity index (χ0) is 17.5. The summed E-state index contributed by atoms with van der Waals surface area (Å²) in [7, 11) is 0. The predicted molar refractivity (Wildman–Crippen MR) is 100 cm³/mol. The summed E-state index contributed by atoms with van der Waals surface area (Å²) in [6, 6.07) is 11.5. The number of nitrogens with zero attached hydrogens (tertiary/aromatic N) is 1. The lowest BCUT2D eigenvalue weighted by Crippen LogP contribution is -2.30. The van der Waals surface area contributed by atoms with Gasteiger partial charge in [-0.1, -0.05) is 0 Å². The third-order valence-electron chi connectivity index (χ3n) is 3.93. The van der Waals surface area contributed by atoms with E-state index in [1.54, 1.807) is 6.07 Å². The number of nitrogen functional groups attached to an aromatic ring is 2. The third-order valence-corrected chi connectivity index (χ3v) is 3.93. The molecule has 0 unspecified atom stereocenters. The second-order valence-corrected chi connectivity index (χ2v) is 5.75. The van der Waals surface area contributed by atoms with Crippen LogP contribution in [0.1, 0.15) is 11.1 Å². The van der Waals surface area contributed by atoms with Crippen molar-refractivity contribution in [1.82, 2.24) is 0 Å². The fourth-order valence-corrected chi connectivity index (χ4v) is 2.69. The van der Waals surface area contributed by atoms with Crippen LogP contribution in [-0.2, 0) is 6.54 Å². The van der Waals surface area contributed by atoms with Crippen molar-refractivity contribution in [2.75, 3.05) is 48.0 Å². The molecule has 0 aliphatic carbocycles. The first-order valence-corrected chi connectivity index (χ1v) is 8.00. The highest BCUT2D eigenvalue weighted by Gasteiger charge is 2.09. The monoisotopic (exact) mass is 330 g/mol. The number of anilines is 4. The van der Waals surface area contributed by atoms with Crippen LogP contribution in [0.5, 0.6) is 0 Å². The van der Waals surface area contributed by atoms with Gasteiger partial charge in [0.2, 0.25) is 0 Å². The van der Waals surface area contributed by atoms with Crippen molar-refractivity contribution in [3.05, 3.63) is 47.5 Å². The van der Waals surface area contributed by atoms with E-state index in [-0.39, 0.29) is 13.2 Å². The average Bonchev–Trinajstić information content (AvgIpc) is 2.56. The summed E-state index contributed by atoms with van der Waals surface area (Å²) in [5.41, 5.74) is 17.2. The summed E-state index contributed by atoms with van der Waals surface area (Å²) in [4.78, 5) is 1.97. The summed E-state index contributed by atoms with van der Waals surface area (Å²) in [5.74, 6) is 0. The largest absolute Gasteiger partial charge is 0.399 e. The summed E-state index contributed by atoms with van der Waals surface area (Å²) >= 11 is 0. The Balaban J connectivity index is 2.10. The quantitative estimate of drug-likeness (QED) is 0.470. The lowest BCUT2D eigenvalue weighted by Gasteiger charge is -2.25. The van der Waals surface area contributed by atoms with Gasteiger partial charge < -0.3 is 31.9 Å².